The molecule has 30 heavy (non-hydrogen) atoms. The van der Waals surface area contributed by atoms with Gasteiger partial charge in [-0.2, -0.15) is 18.4 Å². The number of nitriles is 1. The summed E-state index contributed by atoms with van der Waals surface area (Å²) in [5.41, 5.74) is -1.25. The Labute approximate surface area is 170 Å². The van der Waals surface area contributed by atoms with E-state index in [1.165, 1.54) is 24.4 Å². The normalized spacial score (nSPS) is 15.0. The van der Waals surface area contributed by atoms with Gasteiger partial charge in [-0.05, 0) is 24.3 Å². The number of benzene rings is 2. The van der Waals surface area contributed by atoms with Crippen molar-refractivity contribution in [1.29, 1.82) is 5.26 Å². The Morgan fingerprint density at radius 1 is 1.03 bits per heavy atom. The summed E-state index contributed by atoms with van der Waals surface area (Å²) < 4.78 is 53.2. The van der Waals surface area contributed by atoms with E-state index < -0.39 is 23.3 Å². The van der Waals surface area contributed by atoms with Gasteiger partial charge in [-0.3, -0.25) is 4.79 Å². The van der Waals surface area contributed by atoms with Crippen LogP contribution in [0.25, 0.3) is 0 Å². The molecule has 1 fully saturated rings. The summed E-state index contributed by atoms with van der Waals surface area (Å²) in [6.45, 7) is 1.78. The van der Waals surface area contributed by atoms with E-state index in [0.717, 1.165) is 12.1 Å². The van der Waals surface area contributed by atoms with Gasteiger partial charge in [-0.1, -0.05) is 24.3 Å². The number of para-hydroxylation sites is 2. The van der Waals surface area contributed by atoms with E-state index in [-0.39, 0.29) is 11.4 Å². The van der Waals surface area contributed by atoms with Crippen LogP contribution in [-0.4, -0.2) is 37.0 Å². The number of alkyl halides is 3. The zero-order valence-electron chi connectivity index (χ0n) is 15.8. The zero-order valence-corrected chi connectivity index (χ0v) is 15.8. The number of hydrogen-bond acceptors (Lipinski definition) is 4. The number of piperazine rings is 1. The summed E-state index contributed by atoms with van der Waals surface area (Å²) in [5, 5.41) is 11.5. The second kappa shape index (κ2) is 8.86. The van der Waals surface area contributed by atoms with Crippen molar-refractivity contribution in [3.63, 3.8) is 0 Å². The Bertz CT molecular complexity index is 989. The molecule has 1 heterocycles. The lowest BCUT2D eigenvalue weighted by Crippen LogP contribution is -2.44. The number of nitrogens with one attached hydrogen (secondary N) is 1. The summed E-state index contributed by atoms with van der Waals surface area (Å²) >= 11 is 0. The van der Waals surface area contributed by atoms with E-state index in [0.29, 0.717) is 31.9 Å². The monoisotopic (exact) mass is 418 g/mol. The molecule has 156 valence electrons. The quantitative estimate of drug-likeness (QED) is 0.463. The van der Waals surface area contributed by atoms with Gasteiger partial charge in [0, 0.05) is 32.4 Å². The SMILES string of the molecule is N#C/C(=C/N1CCN(c2ccccc2F)CC1)C(=O)Nc1ccccc1C(F)(F)F. The molecule has 0 aromatic heterocycles. The first-order chi connectivity index (χ1) is 14.3. The van der Waals surface area contributed by atoms with Crippen LogP contribution in [0.4, 0.5) is 28.9 Å². The average Bonchev–Trinajstić information content (AvgIpc) is 2.72. The average molecular weight is 418 g/mol. The first-order valence-electron chi connectivity index (χ1n) is 9.12. The van der Waals surface area contributed by atoms with Gasteiger partial charge < -0.3 is 15.1 Å². The van der Waals surface area contributed by atoms with Crippen molar-refractivity contribution in [1.82, 2.24) is 4.90 Å². The van der Waals surface area contributed by atoms with Crippen LogP contribution in [0, 0.1) is 17.1 Å². The van der Waals surface area contributed by atoms with E-state index in [4.69, 9.17) is 0 Å². The van der Waals surface area contributed by atoms with E-state index >= 15 is 0 Å². The molecule has 1 N–H and O–H groups in total. The predicted molar refractivity (Wildman–Crippen MR) is 104 cm³/mol. The largest absolute Gasteiger partial charge is 0.418 e. The number of carbonyl (C=O) groups is 1. The molecule has 1 saturated heterocycles. The molecule has 1 aliphatic rings. The molecule has 1 aliphatic heterocycles. The molecule has 0 aliphatic carbocycles. The molecule has 3 rings (SSSR count). The number of halogens is 4. The molecular weight excluding hydrogens is 400 g/mol. The fraction of sp³-hybridized carbons (Fsp3) is 0.238. The maximum atomic E-state index is 13.9. The number of nitrogens with zero attached hydrogens (tertiary/aromatic N) is 3. The minimum absolute atomic E-state index is 0.314. The van der Waals surface area contributed by atoms with Crippen LogP contribution in [0.1, 0.15) is 5.56 Å². The molecule has 0 spiro atoms. The fourth-order valence-corrected chi connectivity index (χ4v) is 3.15. The molecule has 9 heteroatoms. The van der Waals surface area contributed by atoms with Gasteiger partial charge in [0.2, 0.25) is 0 Å². The van der Waals surface area contributed by atoms with Crippen LogP contribution < -0.4 is 10.2 Å². The first kappa shape index (κ1) is 21.2. The summed E-state index contributed by atoms with van der Waals surface area (Å²) in [6, 6.07) is 12.7. The topological polar surface area (TPSA) is 59.4 Å². The molecule has 0 unspecified atom stereocenters. The van der Waals surface area contributed by atoms with Crippen LogP contribution >= 0.6 is 0 Å². The Morgan fingerprint density at radius 3 is 2.30 bits per heavy atom. The minimum Gasteiger partial charge on any atom is -0.373 e. The number of carbonyl (C=O) groups excluding carboxylic acids is 1. The minimum atomic E-state index is -4.64. The highest BCUT2D eigenvalue weighted by molar-refractivity contribution is 6.06. The smallest absolute Gasteiger partial charge is 0.373 e. The number of hydrogen-bond donors (Lipinski definition) is 1. The van der Waals surface area contributed by atoms with Crippen molar-refractivity contribution in [3.05, 3.63) is 71.7 Å². The van der Waals surface area contributed by atoms with Crippen molar-refractivity contribution in [2.45, 2.75) is 6.18 Å². The Kier molecular flexibility index (Phi) is 6.26. The third-order valence-corrected chi connectivity index (χ3v) is 4.66. The van der Waals surface area contributed by atoms with Gasteiger partial charge in [0.05, 0.1) is 16.9 Å². The predicted octanol–water partition coefficient (Wildman–Crippen LogP) is 4.01. The van der Waals surface area contributed by atoms with Crippen molar-refractivity contribution < 1.29 is 22.4 Å². The molecule has 0 atom stereocenters. The van der Waals surface area contributed by atoms with Crippen LogP contribution in [-0.2, 0) is 11.0 Å². The van der Waals surface area contributed by atoms with Crippen molar-refractivity contribution >= 4 is 17.3 Å². The van der Waals surface area contributed by atoms with Gasteiger partial charge in [-0.25, -0.2) is 4.39 Å². The van der Waals surface area contributed by atoms with Gasteiger partial charge in [0.25, 0.3) is 5.91 Å². The molecule has 1 amide bonds. The molecule has 0 saturated carbocycles. The lowest BCUT2D eigenvalue weighted by Gasteiger charge is -2.35. The van der Waals surface area contributed by atoms with Crippen molar-refractivity contribution in [2.24, 2.45) is 0 Å². The fourth-order valence-electron chi connectivity index (χ4n) is 3.15. The maximum absolute atomic E-state index is 13.9. The highest BCUT2D eigenvalue weighted by Gasteiger charge is 2.33. The lowest BCUT2D eigenvalue weighted by atomic mass is 10.1. The van der Waals surface area contributed by atoms with Crippen molar-refractivity contribution in [3.8, 4) is 6.07 Å². The van der Waals surface area contributed by atoms with E-state index in [1.54, 1.807) is 29.2 Å². The van der Waals surface area contributed by atoms with Crippen molar-refractivity contribution in [2.75, 3.05) is 36.4 Å². The number of rotatable bonds is 4. The second-order valence-corrected chi connectivity index (χ2v) is 6.63. The standard InChI is InChI=1S/C21H18F4N4O/c22-17-6-2-4-8-19(17)29-11-9-28(10-12-29)14-15(13-26)20(30)27-18-7-3-1-5-16(18)21(23,24)25/h1-8,14H,9-12H2,(H,27,30)/b15-14-. The molecule has 0 bridgehead atoms. The first-order valence-corrected chi connectivity index (χ1v) is 9.12. The van der Waals surface area contributed by atoms with Crippen LogP contribution in [0.5, 0.6) is 0 Å². The van der Waals surface area contributed by atoms with Crippen LogP contribution in [0.15, 0.2) is 60.3 Å². The Hall–Kier alpha value is -3.54. The lowest BCUT2D eigenvalue weighted by molar-refractivity contribution is -0.137. The van der Waals surface area contributed by atoms with E-state index in [9.17, 15) is 27.6 Å². The van der Waals surface area contributed by atoms with Crippen LogP contribution in [0.3, 0.4) is 0 Å². The molecular formula is C21H18F4N4O. The highest BCUT2D eigenvalue weighted by atomic mass is 19.4. The Balaban J connectivity index is 1.68. The van der Waals surface area contributed by atoms with E-state index in [2.05, 4.69) is 5.32 Å². The van der Waals surface area contributed by atoms with E-state index in [1.807, 2.05) is 4.90 Å². The van der Waals surface area contributed by atoms with Gasteiger partial charge in [0.15, 0.2) is 0 Å². The summed E-state index contributed by atoms with van der Waals surface area (Å²) in [5.74, 6) is -1.26. The van der Waals surface area contributed by atoms with Gasteiger partial charge in [0.1, 0.15) is 17.5 Å². The Morgan fingerprint density at radius 2 is 1.67 bits per heavy atom. The molecule has 0 radical (unpaired) electrons. The van der Waals surface area contributed by atoms with Crippen LogP contribution in [0.2, 0.25) is 0 Å². The summed E-state index contributed by atoms with van der Waals surface area (Å²) in [4.78, 5) is 15.9. The third-order valence-electron chi connectivity index (χ3n) is 4.66. The summed E-state index contributed by atoms with van der Waals surface area (Å²) in [6.07, 6.45) is -3.31. The molecule has 5 nitrogen and oxygen atoms in total. The third kappa shape index (κ3) is 4.89. The second-order valence-electron chi connectivity index (χ2n) is 6.63. The maximum Gasteiger partial charge on any atom is 0.418 e. The molecule has 2 aromatic carbocycles. The highest BCUT2D eigenvalue weighted by Crippen LogP contribution is 2.34. The number of anilines is 2. The van der Waals surface area contributed by atoms with Gasteiger partial charge in [-0.15, -0.1) is 0 Å². The van der Waals surface area contributed by atoms with Gasteiger partial charge >= 0.3 is 6.18 Å². The zero-order chi connectivity index (χ0) is 21.7. The number of amides is 1. The molecule has 2 aromatic rings. The summed E-state index contributed by atoms with van der Waals surface area (Å²) in [7, 11) is 0.